The number of hydrogen-bond donors (Lipinski definition) is 0. The van der Waals surface area contributed by atoms with Gasteiger partial charge in [-0.2, -0.15) is 0 Å². The summed E-state index contributed by atoms with van der Waals surface area (Å²) in [6.07, 6.45) is 3.61. The van der Waals surface area contributed by atoms with Gasteiger partial charge in [0, 0.05) is 22.7 Å². The first-order valence-electron chi connectivity index (χ1n) is 8.40. The van der Waals surface area contributed by atoms with Crippen LogP contribution < -0.4 is 0 Å². The molecule has 5 rings (SSSR count). The van der Waals surface area contributed by atoms with E-state index in [1.807, 2.05) is 30.5 Å². The number of aldehydes is 1. The average Bonchev–Trinajstić information content (AvgIpc) is 3.05. The SMILES string of the molecule is O=Cc1c(-c2nccc3ccccc23)ccc2c1Cc1ccccc1-2. The molecule has 0 aliphatic heterocycles. The molecule has 0 spiro atoms. The molecule has 2 heteroatoms. The topological polar surface area (TPSA) is 30.0 Å². The lowest BCUT2D eigenvalue weighted by molar-refractivity contribution is 0.112. The number of carbonyl (C=O) groups is 1. The van der Waals surface area contributed by atoms with Crippen molar-refractivity contribution in [3.63, 3.8) is 0 Å². The van der Waals surface area contributed by atoms with Crippen molar-refractivity contribution in [1.82, 2.24) is 4.98 Å². The van der Waals surface area contributed by atoms with Gasteiger partial charge in [0.25, 0.3) is 0 Å². The Balaban J connectivity index is 1.79. The smallest absolute Gasteiger partial charge is 0.151 e. The largest absolute Gasteiger partial charge is 0.298 e. The standard InChI is InChI=1S/C23H15NO/c25-14-22-20(23-18-8-4-1-5-15(18)11-12-24-23)10-9-19-17-7-3-2-6-16(17)13-21(19)22/h1-12,14H,13H2. The van der Waals surface area contributed by atoms with Crippen LogP contribution in [0, 0.1) is 0 Å². The van der Waals surface area contributed by atoms with E-state index in [0.29, 0.717) is 0 Å². The van der Waals surface area contributed by atoms with Crippen LogP contribution in [0.3, 0.4) is 0 Å². The molecular formula is C23H15NO. The normalized spacial score (nSPS) is 12.0. The molecule has 0 saturated heterocycles. The van der Waals surface area contributed by atoms with Crippen molar-refractivity contribution in [3.05, 3.63) is 89.6 Å². The summed E-state index contributed by atoms with van der Waals surface area (Å²) in [4.78, 5) is 16.6. The maximum atomic E-state index is 12.0. The Bertz CT molecular complexity index is 1140. The zero-order valence-electron chi connectivity index (χ0n) is 13.6. The summed E-state index contributed by atoms with van der Waals surface area (Å²) in [5.74, 6) is 0. The van der Waals surface area contributed by atoms with Crippen LogP contribution in [0.15, 0.2) is 72.9 Å². The summed E-state index contributed by atoms with van der Waals surface area (Å²) in [5, 5.41) is 2.21. The summed E-state index contributed by atoms with van der Waals surface area (Å²) in [6, 6.07) is 22.7. The van der Waals surface area contributed by atoms with E-state index in [4.69, 9.17) is 0 Å². The molecule has 1 aromatic heterocycles. The van der Waals surface area contributed by atoms with Crippen molar-refractivity contribution < 1.29 is 4.79 Å². The Morgan fingerprint density at radius 1 is 0.800 bits per heavy atom. The van der Waals surface area contributed by atoms with Crippen LogP contribution in [0.2, 0.25) is 0 Å². The van der Waals surface area contributed by atoms with E-state index >= 15 is 0 Å². The fourth-order valence-electron chi connectivity index (χ4n) is 3.91. The molecular weight excluding hydrogens is 306 g/mol. The molecule has 0 bridgehead atoms. The second-order valence-corrected chi connectivity index (χ2v) is 6.39. The lowest BCUT2D eigenvalue weighted by atomic mass is 9.93. The number of nitrogens with zero attached hydrogens (tertiary/aromatic N) is 1. The Kier molecular flexibility index (Phi) is 3.04. The first-order chi connectivity index (χ1) is 12.4. The van der Waals surface area contributed by atoms with Crippen LogP contribution in [-0.4, -0.2) is 11.3 Å². The number of carbonyl (C=O) groups excluding carboxylic acids is 1. The van der Waals surface area contributed by atoms with Gasteiger partial charge in [-0.15, -0.1) is 0 Å². The molecule has 1 aliphatic rings. The Labute approximate surface area is 145 Å². The van der Waals surface area contributed by atoms with Crippen molar-refractivity contribution in [2.75, 3.05) is 0 Å². The lowest BCUT2D eigenvalue weighted by Gasteiger charge is -2.12. The summed E-state index contributed by atoms with van der Waals surface area (Å²) >= 11 is 0. The highest BCUT2D eigenvalue weighted by Gasteiger charge is 2.23. The first kappa shape index (κ1) is 14.1. The van der Waals surface area contributed by atoms with Crippen molar-refractivity contribution in [2.24, 2.45) is 0 Å². The van der Waals surface area contributed by atoms with Gasteiger partial charge in [0.15, 0.2) is 6.29 Å². The van der Waals surface area contributed by atoms with Crippen molar-refractivity contribution in [2.45, 2.75) is 6.42 Å². The number of pyridine rings is 1. The van der Waals surface area contributed by atoms with Crippen LogP contribution in [0.1, 0.15) is 21.5 Å². The van der Waals surface area contributed by atoms with Gasteiger partial charge in [0.1, 0.15) is 0 Å². The zero-order valence-corrected chi connectivity index (χ0v) is 13.6. The third kappa shape index (κ3) is 2.04. The molecule has 4 aromatic rings. The monoisotopic (exact) mass is 321 g/mol. The van der Waals surface area contributed by atoms with Crippen molar-refractivity contribution in [1.29, 1.82) is 0 Å². The minimum absolute atomic E-state index is 0.762. The van der Waals surface area contributed by atoms with Crippen molar-refractivity contribution >= 4 is 17.1 Å². The van der Waals surface area contributed by atoms with Crippen LogP contribution in [0.25, 0.3) is 33.2 Å². The molecule has 25 heavy (non-hydrogen) atoms. The molecule has 0 N–H and O–H groups in total. The number of benzene rings is 3. The Morgan fingerprint density at radius 2 is 1.60 bits per heavy atom. The number of rotatable bonds is 2. The second kappa shape index (κ2) is 5.38. The van der Waals surface area contributed by atoms with Gasteiger partial charge in [-0.05, 0) is 40.1 Å². The summed E-state index contributed by atoms with van der Waals surface area (Å²) in [5.41, 5.74) is 7.35. The highest BCUT2D eigenvalue weighted by Crippen LogP contribution is 2.41. The number of hydrogen-bond acceptors (Lipinski definition) is 2. The molecule has 0 saturated carbocycles. The molecule has 1 heterocycles. The predicted octanol–water partition coefficient (Wildman–Crippen LogP) is 5.29. The average molecular weight is 321 g/mol. The molecule has 3 aromatic carbocycles. The molecule has 0 fully saturated rings. The predicted molar refractivity (Wildman–Crippen MR) is 101 cm³/mol. The van der Waals surface area contributed by atoms with Gasteiger partial charge in [0.2, 0.25) is 0 Å². The van der Waals surface area contributed by atoms with E-state index in [1.165, 1.54) is 16.7 Å². The molecule has 0 unspecified atom stereocenters. The second-order valence-electron chi connectivity index (χ2n) is 6.39. The molecule has 1 aliphatic carbocycles. The fraction of sp³-hybridized carbons (Fsp3) is 0.0435. The molecule has 0 amide bonds. The number of fused-ring (bicyclic) bond motifs is 4. The summed E-state index contributed by atoms with van der Waals surface area (Å²) < 4.78 is 0. The highest BCUT2D eigenvalue weighted by atomic mass is 16.1. The molecule has 0 atom stereocenters. The minimum Gasteiger partial charge on any atom is -0.298 e. The van der Waals surface area contributed by atoms with Gasteiger partial charge < -0.3 is 0 Å². The minimum atomic E-state index is 0.762. The Hall–Kier alpha value is -3.26. The Morgan fingerprint density at radius 3 is 2.52 bits per heavy atom. The molecule has 118 valence electrons. The number of aromatic nitrogens is 1. The van der Waals surface area contributed by atoms with E-state index in [9.17, 15) is 4.79 Å². The van der Waals surface area contributed by atoms with Crippen LogP contribution in [-0.2, 0) is 6.42 Å². The van der Waals surface area contributed by atoms with Gasteiger partial charge in [-0.25, -0.2) is 0 Å². The van der Waals surface area contributed by atoms with E-state index in [0.717, 1.165) is 45.9 Å². The van der Waals surface area contributed by atoms with Gasteiger partial charge >= 0.3 is 0 Å². The van der Waals surface area contributed by atoms with Crippen LogP contribution in [0.5, 0.6) is 0 Å². The van der Waals surface area contributed by atoms with Gasteiger partial charge in [-0.3, -0.25) is 9.78 Å². The van der Waals surface area contributed by atoms with Crippen LogP contribution in [0.4, 0.5) is 0 Å². The fourth-order valence-corrected chi connectivity index (χ4v) is 3.91. The summed E-state index contributed by atoms with van der Waals surface area (Å²) in [7, 11) is 0. The maximum absolute atomic E-state index is 12.0. The van der Waals surface area contributed by atoms with Gasteiger partial charge in [-0.1, -0.05) is 60.7 Å². The summed E-state index contributed by atoms with van der Waals surface area (Å²) in [6.45, 7) is 0. The van der Waals surface area contributed by atoms with E-state index < -0.39 is 0 Å². The first-order valence-corrected chi connectivity index (χ1v) is 8.40. The van der Waals surface area contributed by atoms with Crippen molar-refractivity contribution in [3.8, 4) is 22.4 Å². The quantitative estimate of drug-likeness (QED) is 0.414. The molecule has 2 nitrogen and oxygen atoms in total. The van der Waals surface area contributed by atoms with E-state index in [-0.39, 0.29) is 0 Å². The third-order valence-corrected chi connectivity index (χ3v) is 5.08. The van der Waals surface area contributed by atoms with Gasteiger partial charge in [0.05, 0.1) is 5.69 Å². The zero-order chi connectivity index (χ0) is 16.8. The highest BCUT2D eigenvalue weighted by molar-refractivity contribution is 6.01. The molecule has 0 radical (unpaired) electrons. The van der Waals surface area contributed by atoms with E-state index in [2.05, 4.69) is 47.4 Å². The third-order valence-electron chi connectivity index (χ3n) is 5.08. The maximum Gasteiger partial charge on any atom is 0.151 e. The lowest BCUT2D eigenvalue weighted by Crippen LogP contribution is -1.97. The van der Waals surface area contributed by atoms with Crippen LogP contribution >= 0.6 is 0 Å². The van der Waals surface area contributed by atoms with E-state index in [1.54, 1.807) is 0 Å².